The molecule has 0 aliphatic carbocycles. The fourth-order valence-corrected chi connectivity index (χ4v) is 4.85. The zero-order valence-corrected chi connectivity index (χ0v) is 21.3. The van der Waals surface area contributed by atoms with Crippen molar-refractivity contribution in [3.05, 3.63) is 78.4 Å². The second-order valence-electron chi connectivity index (χ2n) is 8.56. The van der Waals surface area contributed by atoms with E-state index < -0.39 is 28.5 Å². The lowest BCUT2D eigenvalue weighted by Crippen LogP contribution is -2.52. The molecule has 35 heavy (non-hydrogen) atoms. The molecule has 0 unspecified atom stereocenters. The summed E-state index contributed by atoms with van der Waals surface area (Å²) in [6, 6.07) is 21.7. The van der Waals surface area contributed by atoms with Gasteiger partial charge in [0.2, 0.25) is 21.8 Å². The van der Waals surface area contributed by atoms with Gasteiger partial charge in [0.05, 0.1) is 11.9 Å². The fraction of sp³-hybridized carbons (Fsp3) is 0.333. The fourth-order valence-electron chi connectivity index (χ4n) is 3.99. The molecule has 0 aliphatic heterocycles. The number of hydrogen-bond donors (Lipinski definition) is 1. The maximum atomic E-state index is 13.6. The van der Waals surface area contributed by atoms with Crippen LogP contribution < -0.4 is 9.62 Å². The van der Waals surface area contributed by atoms with Crippen LogP contribution in [-0.4, -0.2) is 57.1 Å². The lowest BCUT2D eigenvalue weighted by molar-refractivity contribution is -0.138. The van der Waals surface area contributed by atoms with E-state index >= 15 is 0 Å². The molecule has 186 valence electrons. The summed E-state index contributed by atoms with van der Waals surface area (Å²) in [5.74, 6) is -0.692. The molecule has 0 saturated carbocycles. The minimum atomic E-state index is -3.78. The van der Waals surface area contributed by atoms with Crippen LogP contribution >= 0.6 is 0 Å². The number of rotatable bonds is 11. The maximum absolute atomic E-state index is 13.6. The summed E-state index contributed by atoms with van der Waals surface area (Å²) in [6.45, 7) is 4.03. The molecule has 0 heterocycles. The zero-order chi connectivity index (χ0) is 25.4. The predicted octanol–water partition coefficient (Wildman–Crippen LogP) is 3.59. The van der Waals surface area contributed by atoms with E-state index in [4.69, 9.17) is 0 Å². The molecule has 7 nitrogen and oxygen atoms in total. The summed E-state index contributed by atoms with van der Waals surface area (Å²) in [6.07, 6.45) is 2.41. The van der Waals surface area contributed by atoms with Crippen molar-refractivity contribution in [1.29, 1.82) is 0 Å². The Balaban J connectivity index is 1.92. The first-order valence-corrected chi connectivity index (χ1v) is 13.6. The van der Waals surface area contributed by atoms with Gasteiger partial charge in [0.15, 0.2) is 0 Å². The highest BCUT2D eigenvalue weighted by Crippen LogP contribution is 2.28. The quantitative estimate of drug-likeness (QED) is 0.440. The highest BCUT2D eigenvalue weighted by atomic mass is 32.2. The number of amides is 2. The van der Waals surface area contributed by atoms with Crippen molar-refractivity contribution < 1.29 is 18.0 Å². The number of sulfonamides is 1. The molecule has 3 rings (SSSR count). The Hall–Kier alpha value is -3.39. The molecule has 0 radical (unpaired) electrons. The minimum absolute atomic E-state index is 0.260. The number of fused-ring (bicyclic) bond motifs is 1. The van der Waals surface area contributed by atoms with Crippen LogP contribution in [0, 0.1) is 0 Å². The summed E-state index contributed by atoms with van der Waals surface area (Å²) in [5.41, 5.74) is 1.46. The zero-order valence-electron chi connectivity index (χ0n) is 20.5. The van der Waals surface area contributed by atoms with Crippen LogP contribution in [0.1, 0.15) is 25.8 Å². The Bertz CT molecular complexity index is 1260. The topological polar surface area (TPSA) is 86.8 Å². The van der Waals surface area contributed by atoms with Crippen LogP contribution in [0.25, 0.3) is 10.8 Å². The first-order chi connectivity index (χ1) is 16.7. The van der Waals surface area contributed by atoms with E-state index in [0.29, 0.717) is 18.7 Å². The lowest BCUT2D eigenvalue weighted by atomic mass is 10.1. The second-order valence-corrected chi connectivity index (χ2v) is 10.5. The van der Waals surface area contributed by atoms with Gasteiger partial charge in [-0.3, -0.25) is 13.9 Å². The van der Waals surface area contributed by atoms with Crippen LogP contribution in [0.15, 0.2) is 72.8 Å². The van der Waals surface area contributed by atoms with Gasteiger partial charge in [-0.1, -0.05) is 73.7 Å². The van der Waals surface area contributed by atoms with Crippen molar-refractivity contribution in [1.82, 2.24) is 10.2 Å². The largest absolute Gasteiger partial charge is 0.354 e. The van der Waals surface area contributed by atoms with Gasteiger partial charge in [0.25, 0.3) is 0 Å². The van der Waals surface area contributed by atoms with Crippen molar-refractivity contribution in [3.8, 4) is 0 Å². The molecule has 8 heteroatoms. The molecule has 0 saturated heterocycles. The van der Waals surface area contributed by atoms with Gasteiger partial charge in [-0.25, -0.2) is 8.42 Å². The first-order valence-electron chi connectivity index (χ1n) is 11.8. The summed E-state index contributed by atoms with van der Waals surface area (Å²) in [7, 11) is -3.78. The predicted molar refractivity (Wildman–Crippen MR) is 141 cm³/mol. The van der Waals surface area contributed by atoms with E-state index in [9.17, 15) is 18.0 Å². The molecule has 3 aromatic carbocycles. The molecular weight excluding hydrogens is 462 g/mol. The molecule has 0 bridgehead atoms. The molecule has 1 N–H and O–H groups in total. The van der Waals surface area contributed by atoms with Crippen molar-refractivity contribution in [2.24, 2.45) is 0 Å². The average Bonchev–Trinajstić information content (AvgIpc) is 2.85. The van der Waals surface area contributed by atoms with Gasteiger partial charge in [-0.05, 0) is 36.8 Å². The summed E-state index contributed by atoms with van der Waals surface area (Å²) < 4.78 is 26.8. The molecule has 1 atom stereocenters. The Kier molecular flexibility index (Phi) is 8.87. The van der Waals surface area contributed by atoms with Gasteiger partial charge < -0.3 is 10.2 Å². The van der Waals surface area contributed by atoms with Crippen molar-refractivity contribution >= 4 is 38.3 Å². The van der Waals surface area contributed by atoms with Crippen molar-refractivity contribution in [2.75, 3.05) is 30.2 Å². The highest BCUT2D eigenvalue weighted by molar-refractivity contribution is 7.92. The van der Waals surface area contributed by atoms with Gasteiger partial charge >= 0.3 is 0 Å². The van der Waals surface area contributed by atoms with Crippen LogP contribution in [-0.2, 0) is 26.0 Å². The van der Waals surface area contributed by atoms with Crippen molar-refractivity contribution in [3.63, 3.8) is 0 Å². The number of anilines is 1. The molecule has 0 spiro atoms. The van der Waals surface area contributed by atoms with Crippen LogP contribution in [0.3, 0.4) is 0 Å². The summed E-state index contributed by atoms with van der Waals surface area (Å²) in [4.78, 5) is 27.8. The van der Waals surface area contributed by atoms with Crippen LogP contribution in [0.2, 0.25) is 0 Å². The third kappa shape index (κ3) is 6.82. The van der Waals surface area contributed by atoms with E-state index in [1.165, 1.54) is 4.90 Å². The molecule has 0 aliphatic rings. The summed E-state index contributed by atoms with van der Waals surface area (Å²) >= 11 is 0. The van der Waals surface area contributed by atoms with Crippen LogP contribution in [0.4, 0.5) is 5.69 Å². The normalized spacial score (nSPS) is 12.2. The monoisotopic (exact) mass is 495 g/mol. The first kappa shape index (κ1) is 26.2. The summed E-state index contributed by atoms with van der Waals surface area (Å²) in [5, 5.41) is 4.45. The van der Waals surface area contributed by atoms with Crippen molar-refractivity contribution in [2.45, 2.75) is 32.7 Å². The van der Waals surface area contributed by atoms with E-state index in [1.807, 2.05) is 67.6 Å². The second kappa shape index (κ2) is 11.8. The average molecular weight is 496 g/mol. The van der Waals surface area contributed by atoms with Gasteiger partial charge in [0.1, 0.15) is 12.6 Å². The third-order valence-corrected chi connectivity index (χ3v) is 7.04. The maximum Gasteiger partial charge on any atom is 0.244 e. The van der Waals surface area contributed by atoms with E-state index in [1.54, 1.807) is 19.1 Å². The van der Waals surface area contributed by atoms with Crippen LogP contribution in [0.5, 0.6) is 0 Å². The number of nitrogens with zero attached hydrogens (tertiary/aromatic N) is 2. The van der Waals surface area contributed by atoms with E-state index in [2.05, 4.69) is 5.32 Å². The Morgan fingerprint density at radius 3 is 2.29 bits per heavy atom. The number of benzene rings is 3. The van der Waals surface area contributed by atoms with E-state index in [0.717, 1.165) is 33.3 Å². The molecule has 2 amide bonds. The number of carbonyl (C=O) groups excluding carboxylic acids is 2. The highest BCUT2D eigenvalue weighted by Gasteiger charge is 2.30. The minimum Gasteiger partial charge on any atom is -0.354 e. The molecular formula is C27H33N3O4S. The standard InChI is InChI=1S/C27H33N3O4S/c1-4-18-28-27(32)21(2)29(19-17-22-11-6-5-7-12-22)26(31)20-30(35(3,33)34)25-16-10-14-23-13-8-9-15-24(23)25/h5-16,21H,4,17-20H2,1-3H3,(H,28,32)/t21-/m0/s1. The Morgan fingerprint density at radius 1 is 0.943 bits per heavy atom. The number of carbonyl (C=O) groups is 2. The van der Waals surface area contributed by atoms with Gasteiger partial charge in [-0.2, -0.15) is 0 Å². The smallest absolute Gasteiger partial charge is 0.244 e. The molecule has 0 aromatic heterocycles. The Labute approximate surface area is 207 Å². The van der Waals surface area contributed by atoms with E-state index in [-0.39, 0.29) is 12.5 Å². The lowest BCUT2D eigenvalue weighted by Gasteiger charge is -2.31. The Morgan fingerprint density at radius 2 is 1.60 bits per heavy atom. The van der Waals surface area contributed by atoms with Gasteiger partial charge in [0, 0.05) is 18.5 Å². The number of nitrogens with one attached hydrogen (secondary N) is 1. The molecule has 3 aromatic rings. The third-order valence-electron chi connectivity index (χ3n) is 5.92. The SMILES string of the molecule is CCCNC(=O)[C@H](C)N(CCc1ccccc1)C(=O)CN(c1cccc2ccccc12)S(C)(=O)=O. The number of hydrogen-bond acceptors (Lipinski definition) is 4. The molecule has 0 fully saturated rings. The van der Waals surface area contributed by atoms with Gasteiger partial charge in [-0.15, -0.1) is 0 Å².